The van der Waals surface area contributed by atoms with E-state index in [1.165, 1.54) is 18.1 Å². The number of carbonyl (C=O) groups is 3. The van der Waals surface area contributed by atoms with Gasteiger partial charge in [-0.3, -0.25) is 9.59 Å². The fraction of sp³-hybridized carbons (Fsp3) is 0.476. The highest BCUT2D eigenvalue weighted by molar-refractivity contribution is 5.91. The Hall–Kier alpha value is -3.03. The van der Waals surface area contributed by atoms with Gasteiger partial charge in [-0.25, -0.2) is 4.79 Å². The number of rotatable bonds is 8. The number of nitrogens with two attached hydrogens (primary N) is 1. The van der Waals surface area contributed by atoms with Gasteiger partial charge in [0.05, 0.1) is 13.2 Å². The summed E-state index contributed by atoms with van der Waals surface area (Å²) in [7, 11) is 1.54. The summed E-state index contributed by atoms with van der Waals surface area (Å²) in [5, 5.41) is 0. The summed E-state index contributed by atoms with van der Waals surface area (Å²) < 4.78 is 16.0. The van der Waals surface area contributed by atoms with Gasteiger partial charge < -0.3 is 24.8 Å². The number of piperidine rings is 1. The van der Waals surface area contributed by atoms with Gasteiger partial charge in [-0.15, -0.1) is 0 Å². The summed E-state index contributed by atoms with van der Waals surface area (Å²) in [6.45, 7) is 3.84. The fourth-order valence-corrected chi connectivity index (χ4v) is 3.09. The second-order valence-electron chi connectivity index (χ2n) is 7.02. The quantitative estimate of drug-likeness (QED) is 0.524. The lowest BCUT2D eigenvalue weighted by Gasteiger charge is -2.33. The predicted molar refractivity (Wildman–Crippen MR) is 107 cm³/mol. The first kappa shape index (κ1) is 22.3. The molecule has 29 heavy (non-hydrogen) atoms. The van der Waals surface area contributed by atoms with Gasteiger partial charge in [-0.05, 0) is 56.9 Å². The standard InChI is InChI=1S/C21H28N2O6/c1-14(2)29-17-9-7-15(12-18(17)27-3)8-10-20(25)28-13-19(24)23-11-5-4-6-16(23)21(22)26/h7-10,12,14,16H,4-6,11,13H2,1-3H3,(H2,22,26)/b10-8+/t16-/m1/s1. The zero-order valence-electron chi connectivity index (χ0n) is 17.1. The Morgan fingerprint density at radius 2 is 2.00 bits per heavy atom. The molecule has 1 aromatic carbocycles. The summed E-state index contributed by atoms with van der Waals surface area (Å²) in [4.78, 5) is 37.1. The first-order chi connectivity index (χ1) is 13.8. The van der Waals surface area contributed by atoms with E-state index < -0.39 is 30.4 Å². The molecule has 1 aliphatic heterocycles. The summed E-state index contributed by atoms with van der Waals surface area (Å²) in [5.41, 5.74) is 6.07. The fourth-order valence-electron chi connectivity index (χ4n) is 3.09. The van der Waals surface area contributed by atoms with Gasteiger partial charge in [0.1, 0.15) is 6.04 Å². The van der Waals surface area contributed by atoms with E-state index in [0.717, 1.165) is 12.8 Å². The molecular weight excluding hydrogens is 376 g/mol. The van der Waals surface area contributed by atoms with Crippen molar-refractivity contribution in [3.63, 3.8) is 0 Å². The third-order valence-electron chi connectivity index (χ3n) is 4.45. The molecular formula is C21H28N2O6. The molecule has 0 spiro atoms. The Morgan fingerprint density at radius 1 is 1.24 bits per heavy atom. The predicted octanol–water partition coefficient (Wildman–Crippen LogP) is 1.91. The van der Waals surface area contributed by atoms with Gasteiger partial charge >= 0.3 is 5.97 Å². The second-order valence-corrected chi connectivity index (χ2v) is 7.02. The Balaban J connectivity index is 1.92. The smallest absolute Gasteiger partial charge is 0.331 e. The third-order valence-corrected chi connectivity index (χ3v) is 4.45. The van der Waals surface area contributed by atoms with Crippen LogP contribution in [0.3, 0.4) is 0 Å². The van der Waals surface area contributed by atoms with Crippen molar-refractivity contribution in [3.8, 4) is 11.5 Å². The monoisotopic (exact) mass is 404 g/mol. The molecule has 1 saturated heterocycles. The van der Waals surface area contributed by atoms with Crippen molar-refractivity contribution in [1.82, 2.24) is 4.90 Å². The van der Waals surface area contributed by atoms with E-state index in [4.69, 9.17) is 19.9 Å². The molecule has 1 fully saturated rings. The highest BCUT2D eigenvalue weighted by Gasteiger charge is 2.30. The van der Waals surface area contributed by atoms with Crippen LogP contribution in [0.25, 0.3) is 6.08 Å². The van der Waals surface area contributed by atoms with Crippen molar-refractivity contribution >= 4 is 23.9 Å². The number of carbonyl (C=O) groups excluding carboxylic acids is 3. The lowest BCUT2D eigenvalue weighted by Crippen LogP contribution is -2.51. The molecule has 0 aromatic heterocycles. The maximum absolute atomic E-state index is 12.3. The number of likely N-dealkylation sites (tertiary alicyclic amines) is 1. The van der Waals surface area contributed by atoms with Crippen molar-refractivity contribution in [2.24, 2.45) is 5.73 Å². The molecule has 0 saturated carbocycles. The van der Waals surface area contributed by atoms with E-state index in [9.17, 15) is 14.4 Å². The number of hydrogen-bond donors (Lipinski definition) is 1. The molecule has 0 aliphatic carbocycles. The van der Waals surface area contributed by atoms with Gasteiger partial charge in [0.2, 0.25) is 5.91 Å². The maximum atomic E-state index is 12.3. The van der Waals surface area contributed by atoms with Crippen LogP contribution in [0.1, 0.15) is 38.7 Å². The van der Waals surface area contributed by atoms with Crippen LogP contribution in [0.5, 0.6) is 11.5 Å². The highest BCUT2D eigenvalue weighted by atomic mass is 16.5. The Morgan fingerprint density at radius 3 is 2.66 bits per heavy atom. The Labute approximate surface area is 170 Å². The number of benzene rings is 1. The molecule has 2 N–H and O–H groups in total. The van der Waals surface area contributed by atoms with Crippen LogP contribution in [-0.2, 0) is 19.1 Å². The average Bonchev–Trinajstić information content (AvgIpc) is 2.70. The first-order valence-electron chi connectivity index (χ1n) is 9.60. The van der Waals surface area contributed by atoms with Crippen LogP contribution >= 0.6 is 0 Å². The molecule has 2 rings (SSSR count). The molecule has 1 aliphatic rings. The van der Waals surface area contributed by atoms with E-state index in [2.05, 4.69) is 0 Å². The molecule has 0 radical (unpaired) electrons. The largest absolute Gasteiger partial charge is 0.493 e. The van der Waals surface area contributed by atoms with Crippen molar-refractivity contribution < 1.29 is 28.6 Å². The van der Waals surface area contributed by atoms with Crippen molar-refractivity contribution in [3.05, 3.63) is 29.8 Å². The molecule has 1 heterocycles. The number of nitrogens with zero attached hydrogens (tertiary/aromatic N) is 1. The molecule has 8 heteroatoms. The number of primary amides is 1. The number of ether oxygens (including phenoxy) is 3. The van der Waals surface area contributed by atoms with Crippen molar-refractivity contribution in [2.75, 3.05) is 20.3 Å². The number of methoxy groups -OCH3 is 1. The number of esters is 1. The van der Waals surface area contributed by atoms with Gasteiger partial charge in [0.15, 0.2) is 18.1 Å². The van der Waals surface area contributed by atoms with Gasteiger partial charge in [0, 0.05) is 12.6 Å². The van der Waals surface area contributed by atoms with Crippen molar-refractivity contribution in [2.45, 2.75) is 45.3 Å². The summed E-state index contributed by atoms with van der Waals surface area (Å²) in [5.74, 6) is -0.465. The summed E-state index contributed by atoms with van der Waals surface area (Å²) in [6.07, 6.45) is 4.96. The second kappa shape index (κ2) is 10.5. The van der Waals surface area contributed by atoms with Crippen LogP contribution in [0.4, 0.5) is 0 Å². The third kappa shape index (κ3) is 6.51. The molecule has 8 nitrogen and oxygen atoms in total. The SMILES string of the molecule is COc1cc(/C=C/C(=O)OCC(=O)N2CCCC[C@@H]2C(N)=O)ccc1OC(C)C. The minimum absolute atomic E-state index is 0.00636. The minimum Gasteiger partial charge on any atom is -0.493 e. The topological polar surface area (TPSA) is 108 Å². The Bertz CT molecular complexity index is 774. The van der Waals surface area contributed by atoms with E-state index in [0.29, 0.717) is 30.0 Å². The number of hydrogen-bond acceptors (Lipinski definition) is 6. The van der Waals surface area contributed by atoms with Crippen molar-refractivity contribution in [1.29, 1.82) is 0 Å². The average molecular weight is 404 g/mol. The molecule has 1 atom stereocenters. The molecule has 2 amide bonds. The molecule has 158 valence electrons. The van der Waals surface area contributed by atoms with Gasteiger partial charge in [0.25, 0.3) is 5.91 Å². The van der Waals surface area contributed by atoms with E-state index in [1.807, 2.05) is 13.8 Å². The van der Waals surface area contributed by atoms with E-state index >= 15 is 0 Å². The zero-order valence-corrected chi connectivity index (χ0v) is 17.1. The maximum Gasteiger partial charge on any atom is 0.331 e. The first-order valence-corrected chi connectivity index (χ1v) is 9.60. The highest BCUT2D eigenvalue weighted by Crippen LogP contribution is 2.29. The summed E-state index contributed by atoms with van der Waals surface area (Å²) >= 11 is 0. The van der Waals surface area contributed by atoms with Crippen LogP contribution in [0.2, 0.25) is 0 Å². The van der Waals surface area contributed by atoms with Crippen LogP contribution in [0, 0.1) is 0 Å². The van der Waals surface area contributed by atoms with Gasteiger partial charge in [-0.2, -0.15) is 0 Å². The Kier molecular flexibility index (Phi) is 8.06. The van der Waals surface area contributed by atoms with E-state index in [-0.39, 0.29) is 6.10 Å². The van der Waals surface area contributed by atoms with Crippen LogP contribution in [0.15, 0.2) is 24.3 Å². The molecule has 0 bridgehead atoms. The molecule has 0 unspecified atom stereocenters. The van der Waals surface area contributed by atoms with Crippen LogP contribution in [-0.4, -0.2) is 55.1 Å². The number of amides is 2. The molecule has 1 aromatic rings. The summed E-state index contributed by atoms with van der Waals surface area (Å²) in [6, 6.07) is 4.64. The van der Waals surface area contributed by atoms with Gasteiger partial charge in [-0.1, -0.05) is 6.07 Å². The lowest BCUT2D eigenvalue weighted by molar-refractivity contribution is -0.151. The zero-order chi connectivity index (χ0) is 21.4. The van der Waals surface area contributed by atoms with Crippen LogP contribution < -0.4 is 15.2 Å². The van der Waals surface area contributed by atoms with E-state index in [1.54, 1.807) is 24.3 Å². The minimum atomic E-state index is -0.660. The lowest BCUT2D eigenvalue weighted by atomic mass is 10.0. The normalized spacial score (nSPS) is 16.7.